The molecule has 0 spiro atoms. The maximum Gasteiger partial charge on any atom is 0.341 e. The fourth-order valence-corrected chi connectivity index (χ4v) is 1.40. The van der Waals surface area contributed by atoms with Gasteiger partial charge in [0.05, 0.1) is 0 Å². The first-order valence-electron chi connectivity index (χ1n) is 3.04. The van der Waals surface area contributed by atoms with E-state index in [4.69, 9.17) is 5.11 Å². The Morgan fingerprint density at radius 2 is 2.56 bits per heavy atom. The molecule has 2 aliphatic rings. The van der Waals surface area contributed by atoms with E-state index in [-0.39, 0.29) is 0 Å². The predicted molar refractivity (Wildman–Crippen MR) is 29.4 cm³/mol. The number of carboxylic acids is 1. The molecule has 9 heavy (non-hydrogen) atoms. The molecule has 2 atom stereocenters. The van der Waals surface area contributed by atoms with Crippen LogP contribution in [0.1, 0.15) is 12.8 Å². The summed E-state index contributed by atoms with van der Waals surface area (Å²) in [6, 6.07) is 0. The highest BCUT2D eigenvalue weighted by atomic mass is 16.4. The van der Waals surface area contributed by atoms with Crippen molar-refractivity contribution in [3.05, 3.63) is 0 Å². The normalized spacial score (nSPS) is 46.4. The highest BCUT2D eigenvalue weighted by molar-refractivity contribution is 5.81. The summed E-state index contributed by atoms with van der Waals surface area (Å²) in [4.78, 5) is 10.5. The fourth-order valence-electron chi connectivity index (χ4n) is 1.40. The molecular formula is C5H8N2O2. The standard InChI is InChI=1S/C5H8N2O2/c8-4(9)5-2-1-3-7(5)6-5/h6H,1-3H2,(H,8,9). The maximum absolute atomic E-state index is 10.5. The molecular weight excluding hydrogens is 120 g/mol. The summed E-state index contributed by atoms with van der Waals surface area (Å²) in [5.74, 6) is -0.736. The molecule has 2 N–H and O–H groups in total. The minimum Gasteiger partial charge on any atom is -0.479 e. The van der Waals surface area contributed by atoms with E-state index in [0.29, 0.717) is 0 Å². The smallest absolute Gasteiger partial charge is 0.341 e. The van der Waals surface area contributed by atoms with Crippen molar-refractivity contribution in [1.29, 1.82) is 0 Å². The van der Waals surface area contributed by atoms with Crippen LogP contribution >= 0.6 is 0 Å². The summed E-state index contributed by atoms with van der Waals surface area (Å²) in [6.07, 6.45) is 1.75. The van der Waals surface area contributed by atoms with Crippen LogP contribution in [0.2, 0.25) is 0 Å². The van der Waals surface area contributed by atoms with E-state index in [2.05, 4.69) is 5.43 Å². The molecule has 2 unspecified atom stereocenters. The predicted octanol–water partition coefficient (Wildman–Crippen LogP) is -0.619. The number of hydrazine groups is 1. The topological polar surface area (TPSA) is 62.2 Å². The Kier molecular flexibility index (Phi) is 0.736. The van der Waals surface area contributed by atoms with Gasteiger partial charge in [0.1, 0.15) is 0 Å². The van der Waals surface area contributed by atoms with Crippen LogP contribution < -0.4 is 5.43 Å². The van der Waals surface area contributed by atoms with Gasteiger partial charge in [-0.15, -0.1) is 0 Å². The third-order valence-corrected chi connectivity index (χ3v) is 2.00. The Bertz CT molecular complexity index is 170. The van der Waals surface area contributed by atoms with Gasteiger partial charge in [-0.25, -0.2) is 15.2 Å². The summed E-state index contributed by atoms with van der Waals surface area (Å²) < 4.78 is 0. The van der Waals surface area contributed by atoms with Gasteiger partial charge in [0.25, 0.3) is 0 Å². The van der Waals surface area contributed by atoms with Crippen LogP contribution in [0.5, 0.6) is 0 Å². The molecule has 2 heterocycles. The van der Waals surface area contributed by atoms with Crippen molar-refractivity contribution in [2.24, 2.45) is 0 Å². The Balaban J connectivity index is 2.19. The number of hydrogen-bond donors (Lipinski definition) is 2. The van der Waals surface area contributed by atoms with Crippen LogP contribution in [0, 0.1) is 0 Å². The summed E-state index contributed by atoms with van der Waals surface area (Å²) in [7, 11) is 0. The number of carbonyl (C=O) groups is 1. The third kappa shape index (κ3) is 0.469. The number of hydrogen-bond acceptors (Lipinski definition) is 3. The van der Waals surface area contributed by atoms with Crippen LogP contribution in [0.15, 0.2) is 0 Å². The third-order valence-electron chi connectivity index (χ3n) is 2.00. The van der Waals surface area contributed by atoms with Crippen molar-refractivity contribution in [2.45, 2.75) is 18.5 Å². The monoisotopic (exact) mass is 128 g/mol. The van der Waals surface area contributed by atoms with Gasteiger partial charge in [-0.05, 0) is 12.8 Å². The second-order valence-corrected chi connectivity index (χ2v) is 2.53. The number of rotatable bonds is 1. The van der Waals surface area contributed by atoms with Gasteiger partial charge >= 0.3 is 5.97 Å². The minimum absolute atomic E-state index is 0.639. The highest BCUT2D eigenvalue weighted by Gasteiger charge is 2.61. The molecule has 0 aliphatic carbocycles. The van der Waals surface area contributed by atoms with Gasteiger partial charge < -0.3 is 5.11 Å². The van der Waals surface area contributed by atoms with Crippen LogP contribution in [0.25, 0.3) is 0 Å². The van der Waals surface area contributed by atoms with Gasteiger partial charge in [-0.3, -0.25) is 0 Å². The van der Waals surface area contributed by atoms with Crippen molar-refractivity contribution < 1.29 is 9.90 Å². The van der Waals surface area contributed by atoms with Crippen molar-refractivity contribution in [3.8, 4) is 0 Å². The second kappa shape index (κ2) is 1.27. The van der Waals surface area contributed by atoms with E-state index in [9.17, 15) is 4.79 Å². The lowest BCUT2D eigenvalue weighted by Crippen LogP contribution is -2.26. The summed E-state index contributed by atoms with van der Waals surface area (Å²) >= 11 is 0. The van der Waals surface area contributed by atoms with Crippen LogP contribution in [-0.2, 0) is 4.79 Å². The van der Waals surface area contributed by atoms with E-state index in [0.717, 1.165) is 19.4 Å². The van der Waals surface area contributed by atoms with Gasteiger partial charge in [0, 0.05) is 6.54 Å². The van der Waals surface area contributed by atoms with Crippen LogP contribution in [0.3, 0.4) is 0 Å². The van der Waals surface area contributed by atoms with Crippen molar-refractivity contribution in [1.82, 2.24) is 10.4 Å². The minimum atomic E-state index is -0.736. The zero-order valence-electron chi connectivity index (χ0n) is 4.92. The van der Waals surface area contributed by atoms with Crippen molar-refractivity contribution >= 4 is 5.97 Å². The van der Waals surface area contributed by atoms with Gasteiger partial charge in [-0.1, -0.05) is 0 Å². The van der Waals surface area contributed by atoms with Crippen molar-refractivity contribution in [2.75, 3.05) is 6.54 Å². The molecule has 4 heteroatoms. The lowest BCUT2D eigenvalue weighted by molar-refractivity contribution is -0.141. The van der Waals surface area contributed by atoms with E-state index >= 15 is 0 Å². The SMILES string of the molecule is O=C(O)C12CCCN1N2. The summed E-state index contributed by atoms with van der Waals surface area (Å²) in [5.41, 5.74) is 2.18. The lowest BCUT2D eigenvalue weighted by atomic mass is 10.2. The number of nitrogens with zero attached hydrogens (tertiary/aromatic N) is 1. The number of fused-ring (bicyclic) bond motifs is 1. The first-order valence-corrected chi connectivity index (χ1v) is 3.04. The molecule has 0 amide bonds. The zero-order valence-corrected chi connectivity index (χ0v) is 4.92. The van der Waals surface area contributed by atoms with E-state index in [1.54, 1.807) is 5.01 Å². The Morgan fingerprint density at radius 3 is 2.78 bits per heavy atom. The molecule has 0 aromatic heterocycles. The zero-order chi connectivity index (χ0) is 6.48. The van der Waals surface area contributed by atoms with Gasteiger partial charge in [-0.2, -0.15) is 0 Å². The Hall–Kier alpha value is -0.610. The largest absolute Gasteiger partial charge is 0.479 e. The first kappa shape index (κ1) is 5.20. The van der Waals surface area contributed by atoms with Crippen LogP contribution in [-0.4, -0.2) is 28.3 Å². The number of carboxylic acid groups (broad SMARTS) is 1. The molecule has 0 radical (unpaired) electrons. The molecule has 0 bridgehead atoms. The summed E-state index contributed by atoms with van der Waals surface area (Å²) in [5, 5.41) is 10.4. The quantitative estimate of drug-likeness (QED) is 0.462. The highest BCUT2D eigenvalue weighted by Crippen LogP contribution is 2.36. The summed E-state index contributed by atoms with van der Waals surface area (Å²) in [6.45, 7) is 0.881. The molecule has 2 rings (SSSR count). The molecule has 4 nitrogen and oxygen atoms in total. The Morgan fingerprint density at radius 1 is 1.78 bits per heavy atom. The Labute approximate surface area is 52.4 Å². The second-order valence-electron chi connectivity index (χ2n) is 2.53. The lowest BCUT2D eigenvalue weighted by Gasteiger charge is -1.97. The number of aliphatic carboxylic acids is 1. The molecule has 0 saturated carbocycles. The van der Waals surface area contributed by atoms with Crippen molar-refractivity contribution in [3.63, 3.8) is 0 Å². The molecule has 2 fully saturated rings. The molecule has 2 aliphatic heterocycles. The molecule has 0 aromatic rings. The van der Waals surface area contributed by atoms with Gasteiger partial charge in [0.2, 0.25) is 0 Å². The van der Waals surface area contributed by atoms with E-state index in [1.165, 1.54) is 0 Å². The first-order chi connectivity index (χ1) is 4.26. The average Bonchev–Trinajstić information content (AvgIpc) is 2.38. The van der Waals surface area contributed by atoms with Gasteiger partial charge in [0.15, 0.2) is 5.66 Å². The van der Waals surface area contributed by atoms with E-state index < -0.39 is 11.6 Å². The molecule has 50 valence electrons. The molecule has 2 saturated heterocycles. The maximum atomic E-state index is 10.5. The fraction of sp³-hybridized carbons (Fsp3) is 0.800. The molecule has 0 aromatic carbocycles. The van der Waals surface area contributed by atoms with Crippen LogP contribution in [0.4, 0.5) is 0 Å². The van der Waals surface area contributed by atoms with E-state index in [1.807, 2.05) is 0 Å². The average molecular weight is 128 g/mol. The number of nitrogens with one attached hydrogen (secondary N) is 1.